The van der Waals surface area contributed by atoms with Crippen molar-refractivity contribution in [1.82, 2.24) is 4.90 Å². The number of amides is 1. The van der Waals surface area contributed by atoms with Gasteiger partial charge in [0.05, 0.1) is 38.2 Å². The minimum Gasteiger partial charge on any atom is -0.497 e. The third kappa shape index (κ3) is 6.12. The van der Waals surface area contributed by atoms with E-state index in [1.165, 1.54) is 10.4 Å². The zero-order valence-corrected chi connectivity index (χ0v) is 27.6. The molecule has 0 aliphatic carbocycles. The molecule has 3 atom stereocenters. The fourth-order valence-corrected chi connectivity index (χ4v) is 12.2. The molecule has 224 valence electrons. The van der Waals surface area contributed by atoms with Crippen LogP contribution in [0.2, 0.25) is 5.04 Å². The number of rotatable bonds is 11. The van der Waals surface area contributed by atoms with Crippen LogP contribution in [0.15, 0.2) is 114 Å². The molecule has 1 saturated heterocycles. The molecule has 0 N–H and O–H groups in total. The number of hydrogen-bond acceptors (Lipinski definition) is 5. The summed E-state index contributed by atoms with van der Waals surface area (Å²) in [5.41, 5.74) is 0.939. The number of carbonyl (C=O) groups is 1. The van der Waals surface area contributed by atoms with Crippen LogP contribution in [0, 0.1) is 5.92 Å². The van der Waals surface area contributed by atoms with Crippen LogP contribution in [0.1, 0.15) is 33.3 Å². The van der Waals surface area contributed by atoms with Crippen molar-refractivity contribution in [3.8, 4) is 11.5 Å². The maximum Gasteiger partial charge on any atom is 0.261 e. The lowest BCUT2D eigenvalue weighted by Crippen LogP contribution is -2.70. The van der Waals surface area contributed by atoms with Gasteiger partial charge in [0.25, 0.3) is 8.32 Å². The third-order valence-corrected chi connectivity index (χ3v) is 14.8. The second-order valence-corrected chi connectivity index (χ2v) is 17.4. The molecule has 43 heavy (non-hydrogen) atoms. The van der Waals surface area contributed by atoms with Crippen molar-refractivity contribution in [2.24, 2.45) is 5.92 Å². The first-order valence-corrected chi connectivity index (χ1v) is 17.5. The van der Waals surface area contributed by atoms with E-state index in [2.05, 4.69) is 88.4 Å². The van der Waals surface area contributed by atoms with Gasteiger partial charge >= 0.3 is 0 Å². The third-order valence-electron chi connectivity index (χ3n) is 8.30. The van der Waals surface area contributed by atoms with Crippen LogP contribution in [0.4, 0.5) is 0 Å². The number of carbonyl (C=O) groups excluding carboxylic acids is 1. The van der Waals surface area contributed by atoms with E-state index in [0.717, 1.165) is 16.2 Å². The lowest BCUT2D eigenvalue weighted by Gasteiger charge is -2.52. The van der Waals surface area contributed by atoms with Crippen LogP contribution in [-0.4, -0.2) is 44.8 Å². The highest BCUT2D eigenvalue weighted by Crippen LogP contribution is 2.46. The van der Waals surface area contributed by atoms with Crippen LogP contribution in [0.3, 0.4) is 0 Å². The molecule has 1 aliphatic heterocycles. The number of β-lactam (4-membered cyclic amide) rings is 1. The molecular formula is C36H41NO4SSi. The van der Waals surface area contributed by atoms with Crippen molar-refractivity contribution in [3.63, 3.8) is 0 Å². The Bertz CT molecular complexity index is 1470. The Balaban J connectivity index is 1.52. The molecule has 4 aromatic carbocycles. The minimum absolute atomic E-state index is 0.0942. The summed E-state index contributed by atoms with van der Waals surface area (Å²) in [7, 11) is 0.440. The van der Waals surface area contributed by atoms with Gasteiger partial charge in [0.1, 0.15) is 11.5 Å². The van der Waals surface area contributed by atoms with Gasteiger partial charge in [0.15, 0.2) is 0 Å². The smallest absolute Gasteiger partial charge is 0.261 e. The van der Waals surface area contributed by atoms with Crippen LogP contribution in [0.5, 0.6) is 11.5 Å². The zero-order valence-electron chi connectivity index (χ0n) is 25.8. The summed E-state index contributed by atoms with van der Waals surface area (Å²) in [5, 5.41) is 2.13. The lowest BCUT2D eigenvalue weighted by atomic mass is 9.92. The summed E-state index contributed by atoms with van der Waals surface area (Å²) in [4.78, 5) is 17.2. The predicted octanol–water partition coefficient (Wildman–Crippen LogP) is 6.75. The zero-order chi connectivity index (χ0) is 30.6. The maximum absolute atomic E-state index is 14.1. The fraction of sp³-hybridized carbons (Fsp3) is 0.306. The van der Waals surface area contributed by atoms with Gasteiger partial charge < -0.3 is 18.8 Å². The Labute approximate surface area is 261 Å². The lowest BCUT2D eigenvalue weighted by molar-refractivity contribution is -0.157. The van der Waals surface area contributed by atoms with E-state index in [9.17, 15) is 4.79 Å². The molecule has 1 heterocycles. The first kappa shape index (κ1) is 30.9. The highest BCUT2D eigenvalue weighted by atomic mass is 32.2. The summed E-state index contributed by atoms with van der Waals surface area (Å²) in [6.45, 7) is 9.34. The van der Waals surface area contributed by atoms with Crippen LogP contribution in [0.25, 0.3) is 0 Å². The first-order chi connectivity index (χ1) is 20.7. The normalized spacial score (nSPS) is 17.7. The topological polar surface area (TPSA) is 48.0 Å². The fourth-order valence-electron chi connectivity index (χ4n) is 6.14. The summed E-state index contributed by atoms with van der Waals surface area (Å²) >= 11 is 1.72. The Hall–Kier alpha value is -3.52. The second-order valence-electron chi connectivity index (χ2n) is 12.0. The van der Waals surface area contributed by atoms with Gasteiger partial charge in [0, 0.05) is 16.5 Å². The summed E-state index contributed by atoms with van der Waals surface area (Å²) in [6, 6.07) is 37.3. The van der Waals surface area contributed by atoms with Crippen molar-refractivity contribution < 1.29 is 18.7 Å². The first-order valence-electron chi connectivity index (χ1n) is 14.7. The quantitative estimate of drug-likeness (QED) is 0.139. The van der Waals surface area contributed by atoms with E-state index >= 15 is 0 Å². The van der Waals surface area contributed by atoms with Gasteiger partial charge in [0.2, 0.25) is 5.91 Å². The van der Waals surface area contributed by atoms with Crippen LogP contribution >= 0.6 is 11.8 Å². The van der Waals surface area contributed by atoms with Gasteiger partial charge in [-0.2, -0.15) is 0 Å². The van der Waals surface area contributed by atoms with E-state index in [1.54, 1.807) is 26.0 Å². The minimum atomic E-state index is -2.84. The number of benzene rings is 4. The molecular weight excluding hydrogens is 571 g/mol. The van der Waals surface area contributed by atoms with E-state index in [-0.39, 0.29) is 28.3 Å². The Kier molecular flexibility index (Phi) is 9.35. The molecule has 2 unspecified atom stereocenters. The Morgan fingerprint density at radius 3 is 1.88 bits per heavy atom. The van der Waals surface area contributed by atoms with E-state index in [4.69, 9.17) is 13.9 Å². The Morgan fingerprint density at radius 1 is 0.814 bits per heavy atom. The van der Waals surface area contributed by atoms with Gasteiger partial charge in [-0.05, 0) is 46.6 Å². The second kappa shape index (κ2) is 13.0. The standard InChI is InChI=1S/C36H41NO4SSi/c1-26(41-43(36(2,3)4,30-18-12-8-13-19-30)31-20-14-9-15-21-31)33-34(38)37(35(33)42-29-16-10-7-11-17-29)25-27-22-23-28(39-5)24-32(27)40-6/h7-24,26,33,35H,25H2,1-6H3/t26-,33?,35?/m1/s1. The molecule has 0 radical (unpaired) electrons. The molecule has 1 amide bonds. The van der Waals surface area contributed by atoms with Crippen LogP contribution in [-0.2, 0) is 15.8 Å². The Morgan fingerprint density at radius 2 is 1.37 bits per heavy atom. The van der Waals surface area contributed by atoms with Gasteiger partial charge in [-0.25, -0.2) is 0 Å². The van der Waals surface area contributed by atoms with Crippen molar-refractivity contribution in [2.45, 2.75) is 55.7 Å². The predicted molar refractivity (Wildman–Crippen MR) is 178 cm³/mol. The highest BCUT2D eigenvalue weighted by Gasteiger charge is 2.56. The van der Waals surface area contributed by atoms with Gasteiger partial charge in [-0.3, -0.25) is 4.79 Å². The van der Waals surface area contributed by atoms with Crippen molar-refractivity contribution >= 4 is 36.4 Å². The number of ether oxygens (including phenoxy) is 2. The molecule has 0 aromatic heterocycles. The number of methoxy groups -OCH3 is 2. The SMILES string of the molecule is COc1ccc(CN2C(=O)C([C@@H](C)O[Si](c3ccccc3)(c3ccccc3)C(C)(C)C)C2Sc2ccccc2)c(OC)c1. The van der Waals surface area contributed by atoms with Crippen molar-refractivity contribution in [1.29, 1.82) is 0 Å². The molecule has 1 aliphatic rings. The van der Waals surface area contributed by atoms with E-state index in [0.29, 0.717) is 12.3 Å². The molecule has 0 bridgehead atoms. The van der Waals surface area contributed by atoms with E-state index < -0.39 is 8.32 Å². The molecule has 0 saturated carbocycles. The van der Waals surface area contributed by atoms with Crippen molar-refractivity contribution in [3.05, 3.63) is 115 Å². The molecule has 7 heteroatoms. The number of likely N-dealkylation sites (tertiary alicyclic amines) is 1. The number of hydrogen-bond donors (Lipinski definition) is 0. The van der Waals surface area contributed by atoms with Gasteiger partial charge in [-0.15, -0.1) is 11.8 Å². The number of thioether (sulfide) groups is 1. The highest BCUT2D eigenvalue weighted by molar-refractivity contribution is 8.00. The largest absolute Gasteiger partial charge is 0.497 e. The molecule has 4 aromatic rings. The summed E-state index contributed by atoms with van der Waals surface area (Å²) in [6.07, 6.45) is -0.311. The molecule has 0 spiro atoms. The maximum atomic E-state index is 14.1. The van der Waals surface area contributed by atoms with E-state index in [1.807, 2.05) is 53.4 Å². The summed E-state index contributed by atoms with van der Waals surface area (Å²) in [5.74, 6) is 1.21. The van der Waals surface area contributed by atoms with Crippen LogP contribution < -0.4 is 19.8 Å². The van der Waals surface area contributed by atoms with Crippen molar-refractivity contribution in [2.75, 3.05) is 14.2 Å². The summed E-state index contributed by atoms with van der Waals surface area (Å²) < 4.78 is 18.5. The number of nitrogens with zero attached hydrogens (tertiary/aromatic N) is 1. The monoisotopic (exact) mass is 611 g/mol. The molecule has 1 fully saturated rings. The van der Waals surface area contributed by atoms with Gasteiger partial charge in [-0.1, -0.05) is 99.6 Å². The average molecular weight is 612 g/mol. The average Bonchev–Trinajstić information content (AvgIpc) is 3.03. The molecule has 5 nitrogen and oxygen atoms in total. The molecule has 5 rings (SSSR count).